The number of hydrogen-bond acceptors (Lipinski definition) is 3. The van der Waals surface area contributed by atoms with E-state index in [1.165, 1.54) is 18.2 Å². The molecule has 0 saturated carbocycles. The fraction of sp³-hybridized carbons (Fsp3) is 0.429. The molecule has 1 aromatic rings. The average molecular weight is 263 g/mol. The van der Waals surface area contributed by atoms with Crippen LogP contribution in [0.5, 0.6) is 0 Å². The molecule has 0 aliphatic carbocycles. The van der Waals surface area contributed by atoms with E-state index in [4.69, 9.17) is 5.26 Å². The van der Waals surface area contributed by atoms with Crippen molar-refractivity contribution in [2.45, 2.75) is 32.9 Å². The van der Waals surface area contributed by atoms with Gasteiger partial charge in [-0.3, -0.25) is 4.79 Å². The summed E-state index contributed by atoms with van der Waals surface area (Å²) < 4.78 is 13.4. The highest BCUT2D eigenvalue weighted by Crippen LogP contribution is 2.09. The lowest BCUT2D eigenvalue weighted by molar-refractivity contribution is -0.121. The first-order valence-electron chi connectivity index (χ1n) is 6.21. The minimum absolute atomic E-state index is 0.0336. The highest BCUT2D eigenvalue weighted by molar-refractivity contribution is 5.76. The summed E-state index contributed by atoms with van der Waals surface area (Å²) in [5, 5.41) is 14.5. The second-order valence-corrected chi connectivity index (χ2v) is 4.57. The average Bonchev–Trinajstić information content (AvgIpc) is 2.35. The molecule has 0 atom stereocenters. The van der Waals surface area contributed by atoms with Crippen LogP contribution in [0.3, 0.4) is 0 Å². The summed E-state index contributed by atoms with van der Waals surface area (Å²) in [6.07, 6.45) is 0.345. The predicted octanol–water partition coefficient (Wildman–Crippen LogP) is 1.70. The van der Waals surface area contributed by atoms with Gasteiger partial charge in [0.05, 0.1) is 11.6 Å². The van der Waals surface area contributed by atoms with E-state index in [0.29, 0.717) is 30.6 Å². The van der Waals surface area contributed by atoms with Gasteiger partial charge in [0.15, 0.2) is 0 Å². The van der Waals surface area contributed by atoms with E-state index in [1.54, 1.807) is 0 Å². The van der Waals surface area contributed by atoms with E-state index >= 15 is 0 Å². The standard InChI is InChI=1S/C14H18FN3O/c1-10(2)18-14(19)5-6-17-9-12-7-11(8-16)3-4-13(12)15/h3-4,7,10,17H,5-6,9H2,1-2H3,(H,18,19). The molecule has 1 rings (SSSR count). The van der Waals surface area contributed by atoms with Gasteiger partial charge < -0.3 is 10.6 Å². The number of nitriles is 1. The molecule has 0 aliphatic rings. The highest BCUT2D eigenvalue weighted by atomic mass is 19.1. The van der Waals surface area contributed by atoms with Gasteiger partial charge in [-0.1, -0.05) is 0 Å². The predicted molar refractivity (Wildman–Crippen MR) is 70.7 cm³/mol. The Bertz CT molecular complexity index is 480. The second-order valence-electron chi connectivity index (χ2n) is 4.57. The molecular weight excluding hydrogens is 245 g/mol. The number of rotatable bonds is 6. The first-order valence-corrected chi connectivity index (χ1v) is 6.21. The Morgan fingerprint density at radius 1 is 1.47 bits per heavy atom. The monoisotopic (exact) mass is 263 g/mol. The lowest BCUT2D eigenvalue weighted by Crippen LogP contribution is -2.32. The molecule has 0 aromatic heterocycles. The van der Waals surface area contributed by atoms with Crippen molar-refractivity contribution >= 4 is 5.91 Å². The zero-order valence-electron chi connectivity index (χ0n) is 11.2. The Morgan fingerprint density at radius 2 is 2.21 bits per heavy atom. The zero-order valence-corrected chi connectivity index (χ0v) is 11.2. The van der Waals surface area contributed by atoms with Gasteiger partial charge in [0.25, 0.3) is 0 Å². The normalized spacial score (nSPS) is 10.3. The maximum absolute atomic E-state index is 13.4. The van der Waals surface area contributed by atoms with Crippen LogP contribution >= 0.6 is 0 Å². The fourth-order valence-corrected chi connectivity index (χ4v) is 1.60. The van der Waals surface area contributed by atoms with Gasteiger partial charge in [-0.2, -0.15) is 5.26 Å². The summed E-state index contributed by atoms with van der Waals surface area (Å²) >= 11 is 0. The molecule has 0 aliphatic heterocycles. The lowest BCUT2D eigenvalue weighted by atomic mass is 10.1. The number of carbonyl (C=O) groups is 1. The molecule has 19 heavy (non-hydrogen) atoms. The Kier molecular flexibility index (Phi) is 5.97. The summed E-state index contributed by atoms with van der Waals surface area (Å²) in [4.78, 5) is 11.4. The number of nitrogens with zero attached hydrogens (tertiary/aromatic N) is 1. The third-order valence-electron chi connectivity index (χ3n) is 2.47. The SMILES string of the molecule is CC(C)NC(=O)CCNCc1cc(C#N)ccc1F. The lowest BCUT2D eigenvalue weighted by Gasteiger charge is -2.09. The summed E-state index contributed by atoms with van der Waals surface area (Å²) in [7, 11) is 0. The van der Waals surface area contributed by atoms with Gasteiger partial charge in [-0.05, 0) is 32.0 Å². The van der Waals surface area contributed by atoms with Gasteiger partial charge in [0, 0.05) is 31.1 Å². The van der Waals surface area contributed by atoms with Crippen molar-refractivity contribution in [3.05, 3.63) is 35.1 Å². The molecule has 0 bridgehead atoms. The molecule has 102 valence electrons. The minimum Gasteiger partial charge on any atom is -0.354 e. The highest BCUT2D eigenvalue weighted by Gasteiger charge is 2.05. The van der Waals surface area contributed by atoms with Crippen LogP contribution in [0.2, 0.25) is 0 Å². The van der Waals surface area contributed by atoms with Crippen LogP contribution in [-0.4, -0.2) is 18.5 Å². The molecule has 0 radical (unpaired) electrons. The van der Waals surface area contributed by atoms with Crippen molar-refractivity contribution in [2.75, 3.05) is 6.54 Å². The van der Waals surface area contributed by atoms with E-state index in [9.17, 15) is 9.18 Å². The van der Waals surface area contributed by atoms with Crippen molar-refractivity contribution in [1.82, 2.24) is 10.6 Å². The van der Waals surface area contributed by atoms with Crippen molar-refractivity contribution in [1.29, 1.82) is 5.26 Å². The maximum atomic E-state index is 13.4. The molecule has 1 amide bonds. The van der Waals surface area contributed by atoms with Crippen LogP contribution in [0.1, 0.15) is 31.4 Å². The molecule has 0 heterocycles. The third-order valence-corrected chi connectivity index (χ3v) is 2.47. The van der Waals surface area contributed by atoms with E-state index in [-0.39, 0.29) is 17.8 Å². The van der Waals surface area contributed by atoms with E-state index in [1.807, 2.05) is 19.9 Å². The molecule has 0 fully saturated rings. The van der Waals surface area contributed by atoms with Gasteiger partial charge in [0.1, 0.15) is 5.82 Å². The molecule has 5 heteroatoms. The number of amides is 1. The second kappa shape index (κ2) is 7.49. The molecule has 0 spiro atoms. The van der Waals surface area contributed by atoms with Crippen LogP contribution < -0.4 is 10.6 Å². The molecular formula is C14H18FN3O. The number of nitrogens with one attached hydrogen (secondary N) is 2. The molecule has 2 N–H and O–H groups in total. The van der Waals surface area contributed by atoms with E-state index < -0.39 is 0 Å². The first-order chi connectivity index (χ1) is 9.02. The molecule has 0 saturated heterocycles. The summed E-state index contributed by atoms with van der Waals surface area (Å²) in [5.41, 5.74) is 0.860. The molecule has 4 nitrogen and oxygen atoms in total. The van der Waals surface area contributed by atoms with Crippen molar-refractivity contribution in [3.8, 4) is 6.07 Å². The Hall–Kier alpha value is -1.93. The van der Waals surface area contributed by atoms with Crippen molar-refractivity contribution in [3.63, 3.8) is 0 Å². The first kappa shape index (κ1) is 15.1. The summed E-state index contributed by atoms with van der Waals surface area (Å²) in [6.45, 7) is 4.56. The number of carbonyl (C=O) groups excluding carboxylic acids is 1. The largest absolute Gasteiger partial charge is 0.354 e. The van der Waals surface area contributed by atoms with E-state index in [2.05, 4.69) is 10.6 Å². The van der Waals surface area contributed by atoms with Crippen molar-refractivity contribution in [2.24, 2.45) is 0 Å². The Labute approximate surface area is 112 Å². The number of hydrogen-bond donors (Lipinski definition) is 2. The Morgan fingerprint density at radius 3 is 2.84 bits per heavy atom. The van der Waals surface area contributed by atoms with E-state index in [0.717, 1.165) is 0 Å². The summed E-state index contributed by atoms with van der Waals surface area (Å²) in [6, 6.07) is 6.32. The van der Waals surface area contributed by atoms with Crippen LogP contribution in [0.15, 0.2) is 18.2 Å². The number of benzene rings is 1. The van der Waals surface area contributed by atoms with Crippen LogP contribution in [0.25, 0.3) is 0 Å². The molecule has 0 unspecified atom stereocenters. The van der Waals surface area contributed by atoms with Gasteiger partial charge in [-0.25, -0.2) is 4.39 Å². The number of halogens is 1. The fourth-order valence-electron chi connectivity index (χ4n) is 1.60. The zero-order chi connectivity index (χ0) is 14.3. The van der Waals surface area contributed by atoms with Gasteiger partial charge in [-0.15, -0.1) is 0 Å². The Balaban J connectivity index is 2.37. The van der Waals surface area contributed by atoms with Crippen molar-refractivity contribution < 1.29 is 9.18 Å². The molecule has 1 aromatic carbocycles. The van der Waals surface area contributed by atoms with Gasteiger partial charge in [0.2, 0.25) is 5.91 Å². The minimum atomic E-state index is -0.349. The maximum Gasteiger partial charge on any atom is 0.221 e. The van der Waals surface area contributed by atoms with Crippen LogP contribution in [0.4, 0.5) is 4.39 Å². The summed E-state index contributed by atoms with van der Waals surface area (Å²) in [5.74, 6) is -0.383. The topological polar surface area (TPSA) is 64.9 Å². The third kappa shape index (κ3) is 5.49. The van der Waals surface area contributed by atoms with Crippen LogP contribution in [-0.2, 0) is 11.3 Å². The smallest absolute Gasteiger partial charge is 0.221 e. The van der Waals surface area contributed by atoms with Gasteiger partial charge >= 0.3 is 0 Å². The quantitative estimate of drug-likeness (QED) is 0.768. The van der Waals surface area contributed by atoms with Crippen LogP contribution in [0, 0.1) is 17.1 Å².